The first-order valence-corrected chi connectivity index (χ1v) is 14.6. The van der Waals surface area contributed by atoms with Crippen LogP contribution in [0.25, 0.3) is 77.7 Å². The minimum Gasteiger partial charge on any atom is -0.264 e. The van der Waals surface area contributed by atoms with Gasteiger partial charge >= 0.3 is 0 Å². The number of hydrogen-bond acceptors (Lipinski definition) is 4. The molecule has 0 saturated heterocycles. The Morgan fingerprint density at radius 3 is 1.27 bits per heavy atom. The van der Waals surface area contributed by atoms with Crippen LogP contribution in [0.2, 0.25) is 0 Å². The van der Waals surface area contributed by atoms with Gasteiger partial charge in [0.2, 0.25) is 0 Å². The molecule has 0 unspecified atom stereocenters. The molecule has 5 aromatic carbocycles. The van der Waals surface area contributed by atoms with Crippen LogP contribution in [0.1, 0.15) is 0 Å². The van der Waals surface area contributed by atoms with Crippen molar-refractivity contribution in [3.8, 4) is 56.2 Å². The van der Waals surface area contributed by atoms with E-state index in [1.807, 2.05) is 24.5 Å². The van der Waals surface area contributed by atoms with Crippen LogP contribution >= 0.6 is 0 Å². The molecule has 0 radical (unpaired) electrons. The van der Waals surface area contributed by atoms with Crippen LogP contribution < -0.4 is 0 Å². The van der Waals surface area contributed by atoms with Crippen LogP contribution in [0.3, 0.4) is 0 Å². The third kappa shape index (κ3) is 4.99. The summed E-state index contributed by atoms with van der Waals surface area (Å²) in [5.74, 6) is 0.662. The van der Waals surface area contributed by atoms with Gasteiger partial charge in [0, 0.05) is 52.6 Å². The second kappa shape index (κ2) is 11.0. The van der Waals surface area contributed by atoms with E-state index in [0.717, 1.165) is 50.3 Å². The number of nitrogens with zero attached hydrogens (tertiary/aromatic N) is 4. The quantitative estimate of drug-likeness (QED) is 0.209. The standard InChI is InChI=1S/C40H26N4/c1-3-9-29-19-31(15-13-27(29)7-1)38-24-39(32-16-14-28-8-2-4-10-30(28)20-32)44-40(43-38)37-22-35(33-11-5-17-41-25-33)21-36(23-37)34-12-6-18-42-26-34/h1-26H. The molecule has 0 bridgehead atoms. The van der Waals surface area contributed by atoms with Crippen molar-refractivity contribution in [3.05, 3.63) is 158 Å². The molecule has 4 heteroatoms. The summed E-state index contributed by atoms with van der Waals surface area (Å²) >= 11 is 0. The van der Waals surface area contributed by atoms with E-state index >= 15 is 0 Å². The van der Waals surface area contributed by atoms with E-state index < -0.39 is 0 Å². The molecular formula is C40H26N4. The lowest BCUT2D eigenvalue weighted by atomic mass is 9.96. The molecule has 0 spiro atoms. The fourth-order valence-corrected chi connectivity index (χ4v) is 5.73. The maximum atomic E-state index is 5.20. The fourth-order valence-electron chi connectivity index (χ4n) is 5.73. The zero-order valence-electron chi connectivity index (χ0n) is 23.8. The summed E-state index contributed by atoms with van der Waals surface area (Å²) in [7, 11) is 0. The van der Waals surface area contributed by atoms with Gasteiger partial charge in [0.25, 0.3) is 0 Å². The van der Waals surface area contributed by atoms with Crippen molar-refractivity contribution in [2.24, 2.45) is 0 Å². The molecule has 3 heterocycles. The van der Waals surface area contributed by atoms with Crippen molar-refractivity contribution in [1.29, 1.82) is 0 Å². The summed E-state index contributed by atoms with van der Waals surface area (Å²) < 4.78 is 0. The molecule has 3 aromatic heterocycles. The molecule has 206 valence electrons. The number of benzene rings is 5. The number of hydrogen-bond donors (Lipinski definition) is 0. The van der Waals surface area contributed by atoms with Crippen molar-refractivity contribution in [3.63, 3.8) is 0 Å². The maximum absolute atomic E-state index is 5.20. The van der Waals surface area contributed by atoms with Crippen LogP contribution in [0.4, 0.5) is 0 Å². The summed E-state index contributed by atoms with van der Waals surface area (Å²) in [5, 5.41) is 4.75. The van der Waals surface area contributed by atoms with Gasteiger partial charge in [-0.05, 0) is 81.2 Å². The smallest absolute Gasteiger partial charge is 0.160 e. The average Bonchev–Trinajstić information content (AvgIpc) is 3.11. The summed E-state index contributed by atoms with van der Waals surface area (Å²) in [4.78, 5) is 19.2. The van der Waals surface area contributed by atoms with Gasteiger partial charge in [0.05, 0.1) is 11.4 Å². The first kappa shape index (κ1) is 25.7. The highest BCUT2D eigenvalue weighted by atomic mass is 14.9. The molecule has 0 amide bonds. The summed E-state index contributed by atoms with van der Waals surface area (Å²) in [5.41, 5.74) is 8.91. The Hall–Kier alpha value is -6.00. The third-order valence-electron chi connectivity index (χ3n) is 8.00. The molecule has 0 aliphatic rings. The largest absolute Gasteiger partial charge is 0.264 e. The van der Waals surface area contributed by atoms with Crippen LogP contribution in [-0.2, 0) is 0 Å². The lowest BCUT2D eigenvalue weighted by Gasteiger charge is -2.13. The average molecular weight is 563 g/mol. The number of rotatable bonds is 5. The van der Waals surface area contributed by atoms with Gasteiger partial charge in [-0.15, -0.1) is 0 Å². The first-order chi connectivity index (χ1) is 21.8. The van der Waals surface area contributed by atoms with Gasteiger partial charge in [-0.3, -0.25) is 9.97 Å². The van der Waals surface area contributed by atoms with Gasteiger partial charge in [0.15, 0.2) is 5.82 Å². The topological polar surface area (TPSA) is 51.6 Å². The van der Waals surface area contributed by atoms with Gasteiger partial charge in [-0.25, -0.2) is 9.97 Å². The van der Waals surface area contributed by atoms with Gasteiger partial charge in [-0.2, -0.15) is 0 Å². The summed E-state index contributed by atoms with van der Waals surface area (Å²) in [6.07, 6.45) is 7.36. The zero-order valence-corrected chi connectivity index (χ0v) is 23.8. The van der Waals surface area contributed by atoms with E-state index in [-0.39, 0.29) is 0 Å². The monoisotopic (exact) mass is 562 g/mol. The highest BCUT2D eigenvalue weighted by Crippen LogP contribution is 2.35. The third-order valence-corrected chi connectivity index (χ3v) is 8.00. The first-order valence-electron chi connectivity index (χ1n) is 14.6. The maximum Gasteiger partial charge on any atom is 0.160 e. The number of aromatic nitrogens is 4. The van der Waals surface area contributed by atoms with Crippen LogP contribution in [0, 0.1) is 0 Å². The molecule has 0 saturated carbocycles. The van der Waals surface area contributed by atoms with E-state index in [1.165, 1.54) is 21.5 Å². The Kier molecular flexibility index (Phi) is 6.43. The number of pyridine rings is 2. The molecule has 0 atom stereocenters. The van der Waals surface area contributed by atoms with Crippen LogP contribution in [-0.4, -0.2) is 19.9 Å². The highest BCUT2D eigenvalue weighted by molar-refractivity contribution is 5.90. The second-order valence-corrected chi connectivity index (χ2v) is 10.9. The SMILES string of the molecule is c1cncc(-c2cc(-c3cccnc3)cc(-c3nc(-c4ccc5ccccc5c4)cc(-c4ccc5ccccc5c4)n3)c2)c1. The van der Waals surface area contributed by atoms with Gasteiger partial charge in [0.1, 0.15) is 0 Å². The molecular weight excluding hydrogens is 536 g/mol. The van der Waals surface area contributed by atoms with Gasteiger partial charge in [-0.1, -0.05) is 84.9 Å². The number of fused-ring (bicyclic) bond motifs is 2. The van der Waals surface area contributed by atoms with E-state index in [4.69, 9.17) is 9.97 Å². The molecule has 8 aromatic rings. The fraction of sp³-hybridized carbons (Fsp3) is 0. The minimum atomic E-state index is 0.662. The van der Waals surface area contributed by atoms with Crippen molar-refractivity contribution in [1.82, 2.24) is 19.9 Å². The van der Waals surface area contributed by atoms with E-state index in [0.29, 0.717) is 5.82 Å². The molecule has 0 aliphatic carbocycles. The zero-order chi connectivity index (χ0) is 29.3. The summed E-state index contributed by atoms with van der Waals surface area (Å²) in [6, 6.07) is 46.5. The molecule has 0 N–H and O–H groups in total. The predicted molar refractivity (Wildman–Crippen MR) is 180 cm³/mol. The van der Waals surface area contributed by atoms with E-state index in [9.17, 15) is 0 Å². The Balaban J connectivity index is 1.36. The van der Waals surface area contributed by atoms with Crippen molar-refractivity contribution in [2.75, 3.05) is 0 Å². The molecule has 0 fully saturated rings. The van der Waals surface area contributed by atoms with Crippen molar-refractivity contribution >= 4 is 21.5 Å². The second-order valence-electron chi connectivity index (χ2n) is 10.9. The summed E-state index contributed by atoms with van der Waals surface area (Å²) in [6.45, 7) is 0. The molecule has 44 heavy (non-hydrogen) atoms. The Morgan fingerprint density at radius 1 is 0.318 bits per heavy atom. The van der Waals surface area contributed by atoms with Gasteiger partial charge < -0.3 is 0 Å². The van der Waals surface area contributed by atoms with Crippen LogP contribution in [0.15, 0.2) is 158 Å². The van der Waals surface area contributed by atoms with Crippen molar-refractivity contribution < 1.29 is 0 Å². The predicted octanol–water partition coefficient (Wildman–Crippen LogP) is 9.91. The molecule has 8 rings (SSSR count). The highest BCUT2D eigenvalue weighted by Gasteiger charge is 2.14. The Bertz CT molecular complexity index is 2120. The lowest BCUT2D eigenvalue weighted by molar-refractivity contribution is 1.18. The van der Waals surface area contributed by atoms with Crippen LogP contribution in [0.5, 0.6) is 0 Å². The Morgan fingerprint density at radius 2 is 0.795 bits per heavy atom. The minimum absolute atomic E-state index is 0.662. The van der Waals surface area contributed by atoms with E-state index in [2.05, 4.69) is 131 Å². The lowest BCUT2D eigenvalue weighted by Crippen LogP contribution is -1.97. The molecule has 4 nitrogen and oxygen atoms in total. The molecule has 0 aliphatic heterocycles. The van der Waals surface area contributed by atoms with Crippen molar-refractivity contribution in [2.45, 2.75) is 0 Å². The normalized spacial score (nSPS) is 11.2. The Labute approximate surface area is 255 Å². The van der Waals surface area contributed by atoms with E-state index in [1.54, 1.807) is 12.4 Å².